The van der Waals surface area contributed by atoms with Gasteiger partial charge in [0.2, 0.25) is 5.91 Å². The fourth-order valence-corrected chi connectivity index (χ4v) is 3.95. The quantitative estimate of drug-likeness (QED) is 0.459. The molecule has 3 aromatic carbocycles. The lowest BCUT2D eigenvalue weighted by atomic mass is 10.2. The Kier molecular flexibility index (Phi) is 7.40. The summed E-state index contributed by atoms with van der Waals surface area (Å²) >= 11 is 5.81. The molecule has 1 amide bonds. The van der Waals surface area contributed by atoms with Gasteiger partial charge in [-0.25, -0.2) is 8.42 Å². The van der Waals surface area contributed by atoms with E-state index in [4.69, 9.17) is 21.1 Å². The van der Waals surface area contributed by atoms with Crippen molar-refractivity contribution in [1.29, 1.82) is 0 Å². The number of methoxy groups -OCH3 is 2. The second kappa shape index (κ2) is 10.2. The van der Waals surface area contributed by atoms with Crippen molar-refractivity contribution in [2.75, 3.05) is 24.3 Å². The van der Waals surface area contributed by atoms with Crippen molar-refractivity contribution in [2.24, 2.45) is 0 Å². The minimum absolute atomic E-state index is 0.0614. The fraction of sp³-hybridized carbons (Fsp3) is 0.0870. The highest BCUT2D eigenvalue weighted by atomic mass is 35.5. The van der Waals surface area contributed by atoms with Crippen LogP contribution in [0.4, 0.5) is 11.4 Å². The number of nitrogens with one attached hydrogen (secondary N) is 2. The molecule has 3 aromatic rings. The zero-order chi connectivity index (χ0) is 23.1. The number of rotatable bonds is 8. The summed E-state index contributed by atoms with van der Waals surface area (Å²) in [5.41, 5.74) is 1.61. The Morgan fingerprint density at radius 3 is 2.12 bits per heavy atom. The van der Waals surface area contributed by atoms with E-state index < -0.39 is 10.0 Å². The van der Waals surface area contributed by atoms with E-state index in [1.54, 1.807) is 55.7 Å². The number of anilines is 2. The summed E-state index contributed by atoms with van der Waals surface area (Å²) in [6, 6.07) is 17.4. The SMILES string of the molecule is COc1ccc(C=CC(=O)Nc2ccc(S(=O)(=O)Nc3ccc(Cl)cc3)cc2)cc1OC. The predicted molar refractivity (Wildman–Crippen MR) is 126 cm³/mol. The highest BCUT2D eigenvalue weighted by Crippen LogP contribution is 2.28. The maximum absolute atomic E-state index is 12.5. The second-order valence-electron chi connectivity index (χ2n) is 6.57. The van der Waals surface area contributed by atoms with Gasteiger partial charge in [-0.1, -0.05) is 17.7 Å². The van der Waals surface area contributed by atoms with Crippen LogP contribution in [-0.4, -0.2) is 28.5 Å². The lowest BCUT2D eigenvalue weighted by Crippen LogP contribution is -2.13. The smallest absolute Gasteiger partial charge is 0.261 e. The van der Waals surface area contributed by atoms with Crippen molar-refractivity contribution in [1.82, 2.24) is 0 Å². The summed E-state index contributed by atoms with van der Waals surface area (Å²) in [5, 5.41) is 3.19. The largest absolute Gasteiger partial charge is 0.493 e. The number of benzene rings is 3. The van der Waals surface area contributed by atoms with E-state index in [-0.39, 0.29) is 10.8 Å². The van der Waals surface area contributed by atoms with Gasteiger partial charge >= 0.3 is 0 Å². The third-order valence-corrected chi connectivity index (χ3v) is 6.01. The first-order valence-electron chi connectivity index (χ1n) is 9.40. The molecule has 166 valence electrons. The molecule has 3 rings (SSSR count). The van der Waals surface area contributed by atoms with Crippen molar-refractivity contribution in [3.05, 3.63) is 83.4 Å². The first kappa shape index (κ1) is 23.2. The minimum atomic E-state index is -3.77. The zero-order valence-corrected chi connectivity index (χ0v) is 18.9. The Balaban J connectivity index is 1.64. The van der Waals surface area contributed by atoms with E-state index in [0.29, 0.717) is 27.9 Å². The lowest BCUT2D eigenvalue weighted by molar-refractivity contribution is -0.111. The summed E-state index contributed by atoms with van der Waals surface area (Å²) in [6.07, 6.45) is 3.00. The molecule has 0 saturated carbocycles. The van der Waals surface area contributed by atoms with E-state index in [2.05, 4.69) is 10.0 Å². The van der Waals surface area contributed by atoms with Crippen molar-refractivity contribution < 1.29 is 22.7 Å². The van der Waals surface area contributed by atoms with Crippen LogP contribution in [0, 0.1) is 0 Å². The third kappa shape index (κ3) is 6.03. The minimum Gasteiger partial charge on any atom is -0.493 e. The molecule has 9 heteroatoms. The maximum atomic E-state index is 12.5. The van der Waals surface area contributed by atoms with Crippen LogP contribution in [0.5, 0.6) is 11.5 Å². The molecule has 0 saturated heterocycles. The van der Waals surface area contributed by atoms with E-state index >= 15 is 0 Å². The zero-order valence-electron chi connectivity index (χ0n) is 17.3. The Labute approximate surface area is 191 Å². The van der Waals surface area contributed by atoms with Crippen LogP contribution in [0.25, 0.3) is 6.08 Å². The van der Waals surface area contributed by atoms with Crippen LogP contribution in [0.1, 0.15) is 5.56 Å². The van der Waals surface area contributed by atoms with Gasteiger partial charge in [0, 0.05) is 22.5 Å². The maximum Gasteiger partial charge on any atom is 0.261 e. The summed E-state index contributed by atoms with van der Waals surface area (Å²) in [5.74, 6) is 0.781. The number of hydrogen-bond donors (Lipinski definition) is 2. The van der Waals surface area contributed by atoms with Crippen LogP contribution in [0.15, 0.2) is 77.7 Å². The molecule has 7 nitrogen and oxygen atoms in total. The predicted octanol–water partition coefficient (Wildman–Crippen LogP) is 4.81. The number of sulfonamides is 1. The van der Waals surface area contributed by atoms with Gasteiger partial charge in [0.25, 0.3) is 10.0 Å². The molecule has 0 heterocycles. The summed E-state index contributed by atoms with van der Waals surface area (Å²) < 4.78 is 37.9. The van der Waals surface area contributed by atoms with Crippen molar-refractivity contribution in [2.45, 2.75) is 4.90 Å². The van der Waals surface area contributed by atoms with Crippen LogP contribution in [0.3, 0.4) is 0 Å². The molecule has 32 heavy (non-hydrogen) atoms. The fourth-order valence-electron chi connectivity index (χ4n) is 2.76. The van der Waals surface area contributed by atoms with Gasteiger partial charge in [-0.2, -0.15) is 0 Å². The van der Waals surface area contributed by atoms with Gasteiger partial charge < -0.3 is 14.8 Å². The molecule has 0 radical (unpaired) electrons. The molecule has 0 aliphatic heterocycles. The normalized spacial score (nSPS) is 11.2. The van der Waals surface area contributed by atoms with Crippen molar-refractivity contribution in [3.63, 3.8) is 0 Å². The Bertz CT molecular complexity index is 1220. The van der Waals surface area contributed by atoms with E-state index in [0.717, 1.165) is 5.56 Å². The van der Waals surface area contributed by atoms with Crippen molar-refractivity contribution in [3.8, 4) is 11.5 Å². The van der Waals surface area contributed by atoms with Gasteiger partial charge in [-0.05, 0) is 72.3 Å². The van der Waals surface area contributed by atoms with Crippen LogP contribution < -0.4 is 19.5 Å². The molecule has 0 atom stereocenters. The number of halogens is 1. The monoisotopic (exact) mass is 472 g/mol. The standard InChI is InChI=1S/C23H21ClN2O5S/c1-30-21-13-3-16(15-22(21)31-2)4-14-23(27)25-18-9-11-20(12-10-18)32(28,29)26-19-7-5-17(24)6-8-19/h3-15,26H,1-2H3,(H,25,27). The first-order valence-corrected chi connectivity index (χ1v) is 11.3. The van der Waals surface area contributed by atoms with Crippen LogP contribution >= 0.6 is 11.6 Å². The summed E-state index contributed by atoms with van der Waals surface area (Å²) in [6.45, 7) is 0. The molecule has 0 bridgehead atoms. The van der Waals surface area contributed by atoms with Gasteiger partial charge in [0.15, 0.2) is 11.5 Å². The highest BCUT2D eigenvalue weighted by Gasteiger charge is 2.14. The Hall–Kier alpha value is -3.49. The number of ether oxygens (including phenoxy) is 2. The topological polar surface area (TPSA) is 93.7 Å². The first-order chi connectivity index (χ1) is 15.3. The number of carbonyl (C=O) groups is 1. The molecule has 0 aliphatic carbocycles. The molecular weight excluding hydrogens is 452 g/mol. The van der Waals surface area contributed by atoms with Gasteiger partial charge in [-0.15, -0.1) is 0 Å². The summed E-state index contributed by atoms with van der Waals surface area (Å²) in [7, 11) is -0.691. The van der Waals surface area contributed by atoms with E-state index in [1.807, 2.05) is 0 Å². The molecular formula is C23H21ClN2O5S. The van der Waals surface area contributed by atoms with Gasteiger partial charge in [-0.3, -0.25) is 9.52 Å². The number of amides is 1. The molecule has 0 aromatic heterocycles. The molecule has 0 unspecified atom stereocenters. The number of hydrogen-bond acceptors (Lipinski definition) is 5. The molecule has 0 spiro atoms. The molecule has 0 aliphatic rings. The average molecular weight is 473 g/mol. The van der Waals surface area contributed by atoms with Crippen molar-refractivity contribution >= 4 is 45.0 Å². The van der Waals surface area contributed by atoms with Gasteiger partial charge in [0.1, 0.15) is 0 Å². The van der Waals surface area contributed by atoms with Gasteiger partial charge in [0.05, 0.1) is 19.1 Å². The van der Waals surface area contributed by atoms with Crippen LogP contribution in [-0.2, 0) is 14.8 Å². The van der Waals surface area contributed by atoms with E-state index in [9.17, 15) is 13.2 Å². The average Bonchev–Trinajstić information content (AvgIpc) is 2.79. The summed E-state index contributed by atoms with van der Waals surface area (Å²) in [4.78, 5) is 12.3. The van der Waals surface area contributed by atoms with Crippen LogP contribution in [0.2, 0.25) is 5.02 Å². The Morgan fingerprint density at radius 1 is 0.875 bits per heavy atom. The second-order valence-corrected chi connectivity index (χ2v) is 8.69. The highest BCUT2D eigenvalue weighted by molar-refractivity contribution is 7.92. The lowest BCUT2D eigenvalue weighted by Gasteiger charge is -2.09. The Morgan fingerprint density at radius 2 is 1.50 bits per heavy atom. The molecule has 2 N–H and O–H groups in total. The molecule has 0 fully saturated rings. The number of carbonyl (C=O) groups excluding carboxylic acids is 1. The third-order valence-electron chi connectivity index (χ3n) is 4.36. The van der Waals surface area contributed by atoms with E-state index in [1.165, 1.54) is 37.5 Å².